The monoisotopic (exact) mass is 348 g/mol. The van der Waals surface area contributed by atoms with Crippen molar-refractivity contribution < 1.29 is 9.13 Å². The number of thiocarbonyl (C=S) groups is 1. The minimum atomic E-state index is -0.633. The summed E-state index contributed by atoms with van der Waals surface area (Å²) in [6, 6.07) is 12.0. The summed E-state index contributed by atoms with van der Waals surface area (Å²) >= 11 is 11.5. The summed E-state index contributed by atoms with van der Waals surface area (Å²) in [6.07, 6.45) is 0.659. The number of rotatable bonds is 1. The normalized spacial score (nSPS) is 25.4. The number of anilines is 1. The van der Waals surface area contributed by atoms with Gasteiger partial charge in [-0.05, 0) is 61.6 Å². The summed E-state index contributed by atoms with van der Waals surface area (Å²) in [5, 5.41) is 4.52. The zero-order valence-electron chi connectivity index (χ0n) is 12.3. The van der Waals surface area contributed by atoms with Crippen molar-refractivity contribution in [2.24, 2.45) is 0 Å². The lowest BCUT2D eigenvalue weighted by Gasteiger charge is -2.52. The van der Waals surface area contributed by atoms with E-state index in [1.807, 2.05) is 36.1 Å². The van der Waals surface area contributed by atoms with Crippen molar-refractivity contribution in [3.05, 3.63) is 58.9 Å². The second-order valence-electron chi connectivity index (χ2n) is 5.98. The van der Waals surface area contributed by atoms with Crippen LogP contribution in [0.3, 0.4) is 0 Å². The quantitative estimate of drug-likeness (QED) is 0.771. The Kier molecular flexibility index (Phi) is 3.25. The summed E-state index contributed by atoms with van der Waals surface area (Å²) in [5.74, 6) is 0.405. The van der Waals surface area contributed by atoms with Crippen LogP contribution >= 0.6 is 23.8 Å². The van der Waals surface area contributed by atoms with Gasteiger partial charge < -0.3 is 10.1 Å². The molecule has 2 heterocycles. The number of halogens is 2. The molecule has 2 aliphatic heterocycles. The first-order valence-electron chi connectivity index (χ1n) is 7.31. The van der Waals surface area contributed by atoms with Gasteiger partial charge in [0, 0.05) is 22.7 Å². The molecule has 1 N–H and O–H groups in total. The van der Waals surface area contributed by atoms with Gasteiger partial charge in [-0.25, -0.2) is 4.39 Å². The van der Waals surface area contributed by atoms with Crippen LogP contribution in [0.5, 0.6) is 5.75 Å². The highest BCUT2D eigenvalue weighted by Gasteiger charge is 2.48. The molecular formula is C17H14ClFN2OS. The van der Waals surface area contributed by atoms with E-state index >= 15 is 0 Å². The summed E-state index contributed by atoms with van der Waals surface area (Å²) in [6.45, 7) is 1.99. The molecule has 118 valence electrons. The lowest BCUT2D eigenvalue weighted by Crippen LogP contribution is -2.65. The van der Waals surface area contributed by atoms with Crippen LogP contribution in [0.2, 0.25) is 5.02 Å². The predicted molar refractivity (Wildman–Crippen MR) is 92.5 cm³/mol. The number of benzene rings is 2. The average molecular weight is 349 g/mol. The van der Waals surface area contributed by atoms with Gasteiger partial charge in [-0.15, -0.1) is 0 Å². The van der Waals surface area contributed by atoms with Crippen LogP contribution in [0.1, 0.15) is 24.9 Å². The van der Waals surface area contributed by atoms with Crippen molar-refractivity contribution in [3.63, 3.8) is 0 Å². The van der Waals surface area contributed by atoms with Gasteiger partial charge in [-0.3, -0.25) is 4.90 Å². The van der Waals surface area contributed by atoms with E-state index in [9.17, 15) is 4.39 Å². The molecule has 0 aromatic heterocycles. The van der Waals surface area contributed by atoms with Crippen LogP contribution in [0.15, 0.2) is 42.5 Å². The Morgan fingerprint density at radius 2 is 2.04 bits per heavy atom. The van der Waals surface area contributed by atoms with Crippen LogP contribution < -0.4 is 15.0 Å². The van der Waals surface area contributed by atoms with Crippen LogP contribution in [-0.4, -0.2) is 10.8 Å². The van der Waals surface area contributed by atoms with Gasteiger partial charge >= 0.3 is 0 Å². The molecule has 2 aromatic carbocycles. The molecule has 23 heavy (non-hydrogen) atoms. The smallest absolute Gasteiger partial charge is 0.188 e. The maximum absolute atomic E-state index is 13.6. The SMILES string of the molecule is CC12CC(NC(=S)N1c1ccc(Cl)cc1)c1cc(F)ccc1O2. The Labute approximate surface area is 144 Å². The average Bonchev–Trinajstić information content (AvgIpc) is 2.49. The van der Waals surface area contributed by atoms with Gasteiger partial charge in [0.05, 0.1) is 6.04 Å². The summed E-state index contributed by atoms with van der Waals surface area (Å²) < 4.78 is 19.8. The van der Waals surface area contributed by atoms with E-state index in [0.29, 0.717) is 22.3 Å². The number of fused-ring (bicyclic) bond motifs is 4. The van der Waals surface area contributed by atoms with Crippen LogP contribution in [0, 0.1) is 5.82 Å². The second-order valence-corrected chi connectivity index (χ2v) is 6.80. The third kappa shape index (κ3) is 2.35. The van der Waals surface area contributed by atoms with Crippen molar-refractivity contribution >= 4 is 34.6 Å². The Morgan fingerprint density at radius 1 is 1.30 bits per heavy atom. The molecule has 0 saturated carbocycles. The van der Waals surface area contributed by atoms with Gasteiger partial charge in [0.2, 0.25) is 0 Å². The fraction of sp³-hybridized carbons (Fsp3) is 0.235. The number of hydrogen-bond donors (Lipinski definition) is 1. The molecule has 3 nitrogen and oxygen atoms in total. The van der Waals surface area contributed by atoms with Crippen LogP contribution in [0.25, 0.3) is 0 Å². The Bertz CT molecular complexity index is 798. The summed E-state index contributed by atoms with van der Waals surface area (Å²) in [4.78, 5) is 1.95. The van der Waals surface area contributed by atoms with Crippen molar-refractivity contribution in [1.82, 2.24) is 5.32 Å². The fourth-order valence-corrected chi connectivity index (χ4v) is 3.89. The molecular weight excluding hydrogens is 335 g/mol. The molecule has 0 aliphatic carbocycles. The van der Waals surface area contributed by atoms with Crippen molar-refractivity contribution in [2.45, 2.75) is 25.1 Å². The maximum Gasteiger partial charge on any atom is 0.188 e. The highest BCUT2D eigenvalue weighted by molar-refractivity contribution is 7.80. The zero-order chi connectivity index (χ0) is 16.2. The first-order chi connectivity index (χ1) is 11.0. The zero-order valence-corrected chi connectivity index (χ0v) is 13.9. The van der Waals surface area contributed by atoms with E-state index in [1.54, 1.807) is 6.07 Å². The molecule has 2 aromatic rings. The molecule has 6 heteroatoms. The van der Waals surface area contributed by atoms with Crippen molar-refractivity contribution in [1.29, 1.82) is 0 Å². The highest BCUT2D eigenvalue weighted by Crippen LogP contribution is 2.45. The topological polar surface area (TPSA) is 24.5 Å². The number of ether oxygens (including phenoxy) is 1. The van der Waals surface area contributed by atoms with Crippen LogP contribution in [-0.2, 0) is 0 Å². The van der Waals surface area contributed by atoms with Gasteiger partial charge in [-0.2, -0.15) is 0 Å². The lowest BCUT2D eigenvalue weighted by molar-refractivity contribution is 0.0495. The molecule has 0 amide bonds. The lowest BCUT2D eigenvalue weighted by atomic mass is 9.90. The Balaban J connectivity index is 1.79. The van der Waals surface area contributed by atoms with E-state index in [4.69, 9.17) is 28.6 Å². The molecule has 2 bridgehead atoms. The molecule has 2 aliphatic rings. The molecule has 2 atom stereocenters. The maximum atomic E-state index is 13.6. The summed E-state index contributed by atoms with van der Waals surface area (Å²) in [5.41, 5.74) is 1.07. The van der Waals surface area contributed by atoms with Gasteiger partial charge in [-0.1, -0.05) is 11.6 Å². The third-order valence-electron chi connectivity index (χ3n) is 4.32. The number of nitrogens with zero attached hydrogens (tertiary/aromatic N) is 1. The largest absolute Gasteiger partial charge is 0.467 e. The van der Waals surface area contributed by atoms with Crippen molar-refractivity contribution in [3.8, 4) is 5.75 Å². The van der Waals surface area contributed by atoms with Gasteiger partial charge in [0.15, 0.2) is 10.8 Å². The third-order valence-corrected chi connectivity index (χ3v) is 4.87. The van der Waals surface area contributed by atoms with Gasteiger partial charge in [0.25, 0.3) is 0 Å². The fourth-order valence-electron chi connectivity index (χ4n) is 3.33. The summed E-state index contributed by atoms with van der Waals surface area (Å²) in [7, 11) is 0. The van der Waals surface area contributed by atoms with E-state index < -0.39 is 5.72 Å². The van der Waals surface area contributed by atoms with Gasteiger partial charge in [0.1, 0.15) is 11.6 Å². The number of nitrogens with one attached hydrogen (secondary N) is 1. The molecule has 2 unspecified atom stereocenters. The Hall–Kier alpha value is -1.85. The minimum Gasteiger partial charge on any atom is -0.467 e. The highest BCUT2D eigenvalue weighted by atomic mass is 35.5. The molecule has 1 fully saturated rings. The minimum absolute atomic E-state index is 0.0597. The van der Waals surface area contributed by atoms with E-state index in [1.165, 1.54) is 12.1 Å². The van der Waals surface area contributed by atoms with E-state index in [-0.39, 0.29) is 11.9 Å². The first-order valence-corrected chi connectivity index (χ1v) is 8.10. The van der Waals surface area contributed by atoms with Crippen LogP contribution in [0.4, 0.5) is 10.1 Å². The second kappa shape index (κ2) is 5.08. The standard InChI is InChI=1S/C17H14ClFN2OS/c1-17-9-14(13-8-11(19)4-7-15(13)22-17)20-16(23)21(17)12-5-2-10(18)3-6-12/h2-8,14H,9H2,1H3,(H,20,23). The molecule has 0 radical (unpaired) electrons. The molecule has 4 rings (SSSR count). The van der Waals surface area contributed by atoms with E-state index in [2.05, 4.69) is 5.32 Å². The van der Waals surface area contributed by atoms with E-state index in [0.717, 1.165) is 11.3 Å². The Morgan fingerprint density at radius 3 is 2.78 bits per heavy atom. The molecule has 0 spiro atoms. The van der Waals surface area contributed by atoms with Crippen molar-refractivity contribution in [2.75, 3.05) is 4.90 Å². The predicted octanol–water partition coefficient (Wildman–Crippen LogP) is 4.41. The number of hydrogen-bond acceptors (Lipinski definition) is 2. The first kappa shape index (κ1) is 14.7. The molecule has 1 saturated heterocycles.